The van der Waals surface area contributed by atoms with Crippen molar-refractivity contribution < 1.29 is 14.3 Å². The first-order chi connectivity index (χ1) is 11.0. The van der Waals surface area contributed by atoms with E-state index >= 15 is 0 Å². The van der Waals surface area contributed by atoms with Crippen molar-refractivity contribution in [3.63, 3.8) is 0 Å². The molecule has 1 heterocycles. The van der Waals surface area contributed by atoms with E-state index in [0.29, 0.717) is 35.0 Å². The van der Waals surface area contributed by atoms with Crippen molar-refractivity contribution in [2.75, 3.05) is 18.1 Å². The van der Waals surface area contributed by atoms with E-state index in [4.69, 9.17) is 16.3 Å². The molecule has 118 valence electrons. The minimum absolute atomic E-state index is 0.00556. The third kappa shape index (κ3) is 3.37. The number of fused-ring (bicyclic) bond motifs is 1. The van der Waals surface area contributed by atoms with Gasteiger partial charge in [-0.3, -0.25) is 9.59 Å². The number of hydrogen-bond acceptors (Lipinski definition) is 3. The van der Waals surface area contributed by atoms with Crippen LogP contribution in [0, 0.1) is 6.92 Å². The number of rotatable bonds is 3. The van der Waals surface area contributed by atoms with Crippen LogP contribution in [0.2, 0.25) is 5.02 Å². The molecule has 0 saturated carbocycles. The first-order valence-electron chi connectivity index (χ1n) is 7.37. The van der Waals surface area contributed by atoms with Gasteiger partial charge >= 0.3 is 0 Å². The highest BCUT2D eigenvalue weighted by Crippen LogP contribution is 2.29. The number of carbonyl (C=O) groups excluding carboxylic acids is 2. The maximum absolute atomic E-state index is 12.4. The maximum atomic E-state index is 12.4. The Kier molecular flexibility index (Phi) is 4.35. The summed E-state index contributed by atoms with van der Waals surface area (Å²) in [5, 5.41) is 0.488. The number of halogens is 1. The first-order valence-corrected chi connectivity index (χ1v) is 7.75. The molecule has 2 aromatic carbocycles. The number of ether oxygens (including phenoxy) is 1. The summed E-state index contributed by atoms with van der Waals surface area (Å²) in [5.41, 5.74) is 2.22. The molecule has 0 bridgehead atoms. The molecule has 23 heavy (non-hydrogen) atoms. The largest absolute Gasteiger partial charge is 0.484 e. The molecule has 0 N–H and O–H groups in total. The molecular formula is C18H16ClNO3. The fourth-order valence-corrected chi connectivity index (χ4v) is 2.72. The highest BCUT2D eigenvalue weighted by molar-refractivity contribution is 6.31. The Morgan fingerprint density at radius 1 is 1.22 bits per heavy atom. The molecule has 0 spiro atoms. The topological polar surface area (TPSA) is 46.6 Å². The average Bonchev–Trinajstić information content (AvgIpc) is 2.55. The van der Waals surface area contributed by atoms with Gasteiger partial charge in [-0.15, -0.1) is 0 Å². The molecule has 0 aromatic heterocycles. The van der Waals surface area contributed by atoms with E-state index in [2.05, 4.69) is 0 Å². The molecule has 0 fully saturated rings. The number of anilines is 1. The van der Waals surface area contributed by atoms with Gasteiger partial charge in [-0.1, -0.05) is 29.3 Å². The number of hydrogen-bond donors (Lipinski definition) is 0. The van der Waals surface area contributed by atoms with E-state index in [1.807, 2.05) is 31.2 Å². The number of carbonyl (C=O) groups is 2. The zero-order chi connectivity index (χ0) is 16.4. The molecule has 4 nitrogen and oxygen atoms in total. The normalized spacial score (nSPS) is 13.7. The molecule has 1 aliphatic heterocycles. The monoisotopic (exact) mass is 329 g/mol. The summed E-state index contributed by atoms with van der Waals surface area (Å²) >= 11 is 5.94. The number of aryl methyl sites for hydroxylation is 1. The van der Waals surface area contributed by atoms with Gasteiger partial charge in [-0.05, 0) is 37.3 Å². The van der Waals surface area contributed by atoms with Crippen molar-refractivity contribution in [3.05, 3.63) is 58.6 Å². The number of ketones is 1. The maximum Gasteiger partial charge on any atom is 0.264 e. The van der Waals surface area contributed by atoms with Crippen molar-refractivity contribution >= 4 is 29.0 Å². The third-order valence-electron chi connectivity index (χ3n) is 3.80. The van der Waals surface area contributed by atoms with Crippen LogP contribution in [0.25, 0.3) is 0 Å². The molecule has 1 aliphatic rings. The van der Waals surface area contributed by atoms with E-state index in [9.17, 15) is 9.59 Å². The summed E-state index contributed by atoms with van der Waals surface area (Å²) in [6, 6.07) is 12.5. The zero-order valence-corrected chi connectivity index (χ0v) is 13.5. The zero-order valence-electron chi connectivity index (χ0n) is 12.7. The van der Waals surface area contributed by atoms with Crippen LogP contribution in [0.5, 0.6) is 5.75 Å². The van der Waals surface area contributed by atoms with Crippen LogP contribution in [0.3, 0.4) is 0 Å². The van der Waals surface area contributed by atoms with Gasteiger partial charge in [0.1, 0.15) is 5.75 Å². The summed E-state index contributed by atoms with van der Waals surface area (Å²) < 4.78 is 5.54. The lowest BCUT2D eigenvalue weighted by Gasteiger charge is -2.28. The van der Waals surface area contributed by atoms with Gasteiger partial charge in [0.05, 0.1) is 5.69 Å². The summed E-state index contributed by atoms with van der Waals surface area (Å²) in [7, 11) is 0. The van der Waals surface area contributed by atoms with E-state index in [1.165, 1.54) is 0 Å². The van der Waals surface area contributed by atoms with Crippen LogP contribution in [0.1, 0.15) is 22.3 Å². The minimum Gasteiger partial charge on any atom is -0.484 e. The lowest BCUT2D eigenvalue weighted by molar-refractivity contribution is -0.120. The second kappa shape index (κ2) is 6.42. The average molecular weight is 330 g/mol. The molecule has 3 rings (SSSR count). The number of nitrogens with zero attached hydrogens (tertiary/aromatic N) is 1. The van der Waals surface area contributed by atoms with Crippen LogP contribution in [0.15, 0.2) is 42.5 Å². The van der Waals surface area contributed by atoms with Gasteiger partial charge in [0.2, 0.25) is 0 Å². The van der Waals surface area contributed by atoms with Crippen LogP contribution >= 0.6 is 11.6 Å². The van der Waals surface area contributed by atoms with Gasteiger partial charge < -0.3 is 9.64 Å². The molecule has 1 amide bonds. The van der Waals surface area contributed by atoms with Crippen molar-refractivity contribution in [2.45, 2.75) is 13.3 Å². The van der Waals surface area contributed by atoms with Crippen LogP contribution < -0.4 is 9.64 Å². The second-order valence-electron chi connectivity index (χ2n) is 5.48. The third-order valence-corrected chi connectivity index (χ3v) is 4.03. The van der Waals surface area contributed by atoms with Crippen molar-refractivity contribution in [1.29, 1.82) is 0 Å². The van der Waals surface area contributed by atoms with Crippen molar-refractivity contribution in [2.24, 2.45) is 0 Å². The van der Waals surface area contributed by atoms with Crippen LogP contribution in [-0.4, -0.2) is 24.8 Å². The molecule has 0 saturated heterocycles. The van der Waals surface area contributed by atoms with Gasteiger partial charge in [-0.25, -0.2) is 0 Å². The lowest BCUT2D eigenvalue weighted by Crippen LogP contribution is -2.40. The fourth-order valence-electron chi connectivity index (χ4n) is 2.55. The number of benzene rings is 2. The smallest absolute Gasteiger partial charge is 0.264 e. The minimum atomic E-state index is -0.179. The SMILES string of the molecule is Cc1ccc(OCC(=O)N2CCC(=O)c3cc(Cl)ccc32)cc1. The molecule has 0 unspecified atom stereocenters. The predicted octanol–water partition coefficient (Wildman–Crippen LogP) is 3.65. The Morgan fingerprint density at radius 2 is 1.96 bits per heavy atom. The molecular weight excluding hydrogens is 314 g/mol. The quantitative estimate of drug-likeness (QED) is 0.863. The van der Waals surface area contributed by atoms with Crippen LogP contribution in [-0.2, 0) is 4.79 Å². The molecule has 2 aromatic rings. The van der Waals surface area contributed by atoms with E-state index in [1.54, 1.807) is 23.1 Å². The Morgan fingerprint density at radius 3 is 2.70 bits per heavy atom. The highest BCUT2D eigenvalue weighted by Gasteiger charge is 2.27. The Hall–Kier alpha value is -2.33. The predicted molar refractivity (Wildman–Crippen MR) is 89.4 cm³/mol. The van der Waals surface area contributed by atoms with Crippen molar-refractivity contribution in [1.82, 2.24) is 0 Å². The molecule has 0 atom stereocenters. The standard InChI is InChI=1S/C18H16ClNO3/c1-12-2-5-14(6-3-12)23-11-18(22)20-9-8-17(21)15-10-13(19)4-7-16(15)20/h2-7,10H,8-9,11H2,1H3. The Balaban J connectivity index is 1.74. The summed E-state index contributed by atoms with van der Waals surface area (Å²) in [6.07, 6.45) is 0.295. The van der Waals surface area contributed by atoms with Crippen LogP contribution in [0.4, 0.5) is 5.69 Å². The van der Waals surface area contributed by atoms with Gasteiger partial charge in [-0.2, -0.15) is 0 Å². The molecule has 5 heteroatoms. The van der Waals surface area contributed by atoms with Gasteiger partial charge in [0.15, 0.2) is 12.4 Å². The summed E-state index contributed by atoms with van der Waals surface area (Å²) in [6.45, 7) is 2.28. The Labute approximate surface area is 139 Å². The fraction of sp³-hybridized carbons (Fsp3) is 0.222. The second-order valence-corrected chi connectivity index (χ2v) is 5.92. The van der Waals surface area contributed by atoms with Gasteiger partial charge in [0, 0.05) is 23.6 Å². The van der Waals surface area contributed by atoms with Gasteiger partial charge in [0.25, 0.3) is 5.91 Å². The summed E-state index contributed by atoms with van der Waals surface area (Å²) in [4.78, 5) is 26.0. The first kappa shape index (κ1) is 15.6. The molecule has 0 radical (unpaired) electrons. The lowest BCUT2D eigenvalue weighted by atomic mass is 10.0. The molecule has 0 aliphatic carbocycles. The van der Waals surface area contributed by atoms with E-state index in [-0.39, 0.29) is 18.3 Å². The number of amides is 1. The van der Waals surface area contributed by atoms with E-state index < -0.39 is 0 Å². The highest BCUT2D eigenvalue weighted by atomic mass is 35.5. The number of Topliss-reactive ketones (excluding diaryl/α,β-unsaturated/α-hetero) is 1. The van der Waals surface area contributed by atoms with Crippen molar-refractivity contribution in [3.8, 4) is 5.75 Å². The summed E-state index contributed by atoms with van der Waals surface area (Å²) in [5.74, 6) is 0.473. The van der Waals surface area contributed by atoms with E-state index in [0.717, 1.165) is 5.56 Å². The Bertz CT molecular complexity index is 755.